The van der Waals surface area contributed by atoms with Gasteiger partial charge in [0.1, 0.15) is 10.6 Å². The molecule has 0 aliphatic carbocycles. The molecule has 1 rings (SSSR count). The first-order valence-corrected chi connectivity index (χ1v) is 6.04. The minimum absolute atomic E-state index is 0.521. The van der Waals surface area contributed by atoms with E-state index in [-0.39, 0.29) is 0 Å². The summed E-state index contributed by atoms with van der Waals surface area (Å²) in [6, 6.07) is 0. The molecule has 0 fully saturated rings. The number of rotatable bonds is 2. The third-order valence-electron chi connectivity index (χ3n) is 1.44. The van der Waals surface area contributed by atoms with Gasteiger partial charge in [-0.1, -0.05) is 11.6 Å². The molecule has 84 valence electrons. The van der Waals surface area contributed by atoms with Crippen LogP contribution >= 0.6 is 22.3 Å². The minimum atomic E-state index is -4.40. The van der Waals surface area contributed by atoms with E-state index in [9.17, 15) is 22.3 Å². The zero-order valence-electron chi connectivity index (χ0n) is 6.79. The van der Waals surface area contributed by atoms with Gasteiger partial charge in [0.05, 0.1) is 5.02 Å². The van der Waals surface area contributed by atoms with Crippen LogP contribution < -0.4 is 0 Å². The van der Waals surface area contributed by atoms with Crippen LogP contribution in [0, 0.1) is 0 Å². The average molecular weight is 278 g/mol. The Kier molecular flexibility index (Phi) is 3.37. The quantitative estimate of drug-likeness (QED) is 0.843. The molecule has 0 atom stereocenters. The molecule has 0 spiro atoms. The predicted molar refractivity (Wildman–Crippen MR) is 48.9 cm³/mol. The Bertz CT molecular complexity index is 491. The second kappa shape index (κ2) is 4.07. The van der Waals surface area contributed by atoms with Crippen molar-refractivity contribution in [3.05, 3.63) is 16.9 Å². The van der Waals surface area contributed by atoms with E-state index in [2.05, 4.69) is 4.98 Å². The molecule has 0 bridgehead atoms. The van der Waals surface area contributed by atoms with Crippen LogP contribution in [0.1, 0.15) is 12.1 Å². The van der Waals surface area contributed by atoms with Crippen molar-refractivity contribution in [2.45, 2.75) is 11.3 Å². The van der Waals surface area contributed by atoms with Crippen molar-refractivity contribution in [1.82, 2.24) is 4.98 Å². The maximum atomic E-state index is 12.2. The van der Waals surface area contributed by atoms with Crippen LogP contribution in [-0.2, 0) is 9.05 Å². The number of hydrogen-bond donors (Lipinski definition) is 1. The molecule has 4 nitrogen and oxygen atoms in total. The lowest BCUT2D eigenvalue weighted by Gasteiger charge is -2.07. The van der Waals surface area contributed by atoms with Gasteiger partial charge in [0.2, 0.25) is 0 Å². The largest absolute Gasteiger partial charge is 0.504 e. The normalized spacial score (nSPS) is 12.1. The lowest BCUT2D eigenvalue weighted by Crippen LogP contribution is -1.99. The Morgan fingerprint density at radius 1 is 1.47 bits per heavy atom. The summed E-state index contributed by atoms with van der Waals surface area (Å²) in [7, 11) is 0.498. The molecule has 0 aromatic carbocycles. The Balaban J connectivity index is 3.59. The van der Waals surface area contributed by atoms with E-state index in [0.717, 1.165) is 0 Å². The van der Waals surface area contributed by atoms with Gasteiger partial charge in [-0.25, -0.2) is 22.2 Å². The molecule has 15 heavy (non-hydrogen) atoms. The topological polar surface area (TPSA) is 67.3 Å². The van der Waals surface area contributed by atoms with E-state index < -0.39 is 36.8 Å². The highest BCUT2D eigenvalue weighted by Crippen LogP contribution is 2.37. The summed E-state index contributed by atoms with van der Waals surface area (Å²) < 4.78 is 46.2. The van der Waals surface area contributed by atoms with E-state index in [1.54, 1.807) is 0 Å². The third kappa shape index (κ3) is 2.47. The molecule has 0 radical (unpaired) electrons. The number of nitrogens with zero attached hydrogens (tertiary/aromatic N) is 1. The lowest BCUT2D eigenvalue weighted by atomic mass is 10.3. The van der Waals surface area contributed by atoms with Crippen molar-refractivity contribution in [2.75, 3.05) is 0 Å². The summed E-state index contributed by atoms with van der Waals surface area (Å²) in [5, 5.41) is 8.66. The van der Waals surface area contributed by atoms with Gasteiger partial charge in [-0.2, -0.15) is 0 Å². The van der Waals surface area contributed by atoms with Gasteiger partial charge in [-0.05, 0) is 0 Å². The van der Waals surface area contributed by atoms with E-state index in [1.165, 1.54) is 0 Å². The van der Waals surface area contributed by atoms with E-state index in [4.69, 9.17) is 22.3 Å². The summed E-state index contributed by atoms with van der Waals surface area (Å²) in [5.74, 6) is -1.23. The van der Waals surface area contributed by atoms with Gasteiger partial charge in [-0.3, -0.25) is 0 Å². The van der Waals surface area contributed by atoms with Gasteiger partial charge in [0.15, 0.2) is 5.75 Å². The highest BCUT2D eigenvalue weighted by Gasteiger charge is 2.27. The van der Waals surface area contributed by atoms with Crippen LogP contribution in [0.3, 0.4) is 0 Å². The second-order valence-corrected chi connectivity index (χ2v) is 5.32. The van der Waals surface area contributed by atoms with Crippen LogP contribution in [0.15, 0.2) is 11.1 Å². The zero-order chi connectivity index (χ0) is 11.8. The van der Waals surface area contributed by atoms with Crippen LogP contribution in [0.5, 0.6) is 5.75 Å². The molecule has 0 amide bonds. The fraction of sp³-hybridized carbons (Fsp3) is 0.167. The monoisotopic (exact) mass is 277 g/mol. The number of alkyl halides is 2. The number of aromatic nitrogens is 1. The first-order chi connectivity index (χ1) is 6.75. The summed E-state index contributed by atoms with van der Waals surface area (Å²) in [6.45, 7) is 0. The number of aromatic hydroxyl groups is 1. The maximum Gasteiger partial charge on any atom is 0.284 e. The van der Waals surface area contributed by atoms with Gasteiger partial charge in [-0.15, -0.1) is 0 Å². The fourth-order valence-corrected chi connectivity index (χ4v) is 2.52. The molecule has 1 aromatic rings. The summed E-state index contributed by atoms with van der Waals surface area (Å²) in [5.41, 5.74) is -1.08. The lowest BCUT2D eigenvalue weighted by molar-refractivity contribution is 0.141. The van der Waals surface area contributed by atoms with E-state index in [0.29, 0.717) is 6.20 Å². The van der Waals surface area contributed by atoms with Crippen molar-refractivity contribution >= 4 is 31.3 Å². The molecule has 1 heterocycles. The van der Waals surface area contributed by atoms with Crippen molar-refractivity contribution in [3.63, 3.8) is 0 Å². The Hall–Kier alpha value is -0.660. The Morgan fingerprint density at radius 2 is 2.00 bits per heavy atom. The number of halogens is 4. The molecule has 9 heteroatoms. The molecular formula is C6H3Cl2F2NO3S. The van der Waals surface area contributed by atoms with Crippen molar-refractivity contribution < 1.29 is 22.3 Å². The Labute approximate surface area is 92.9 Å². The first-order valence-electron chi connectivity index (χ1n) is 3.35. The highest BCUT2D eigenvalue weighted by atomic mass is 35.7. The highest BCUT2D eigenvalue weighted by molar-refractivity contribution is 8.14. The summed E-state index contributed by atoms with van der Waals surface area (Å²) >= 11 is 5.36. The molecule has 1 aromatic heterocycles. The molecule has 0 aliphatic rings. The van der Waals surface area contributed by atoms with Gasteiger partial charge in [0.25, 0.3) is 15.5 Å². The standard InChI is InChI=1S/C6H3Cl2F2NO3S/c7-2-1-11-3(6(9)10)4(12)5(2)15(8,13)14/h1,6,12H. The fourth-order valence-electron chi connectivity index (χ4n) is 0.867. The average Bonchev–Trinajstić information content (AvgIpc) is 2.00. The van der Waals surface area contributed by atoms with Crippen molar-refractivity contribution in [2.24, 2.45) is 0 Å². The van der Waals surface area contributed by atoms with Crippen LogP contribution in [-0.4, -0.2) is 18.5 Å². The number of pyridine rings is 1. The van der Waals surface area contributed by atoms with Crippen molar-refractivity contribution in [1.29, 1.82) is 0 Å². The summed E-state index contributed by atoms with van der Waals surface area (Å²) in [6.07, 6.45) is -2.45. The minimum Gasteiger partial charge on any atom is -0.504 e. The van der Waals surface area contributed by atoms with E-state index in [1.807, 2.05) is 0 Å². The van der Waals surface area contributed by atoms with Crippen LogP contribution in [0.25, 0.3) is 0 Å². The molecule has 0 aliphatic heterocycles. The number of hydrogen-bond acceptors (Lipinski definition) is 4. The molecule has 0 unspecified atom stereocenters. The van der Waals surface area contributed by atoms with Crippen LogP contribution in [0.4, 0.5) is 8.78 Å². The van der Waals surface area contributed by atoms with E-state index >= 15 is 0 Å². The smallest absolute Gasteiger partial charge is 0.284 e. The molecule has 1 N–H and O–H groups in total. The predicted octanol–water partition coefficient (Wildman–Crippen LogP) is 2.31. The molecule has 0 saturated carbocycles. The Morgan fingerprint density at radius 3 is 2.40 bits per heavy atom. The van der Waals surface area contributed by atoms with Gasteiger partial charge >= 0.3 is 0 Å². The molecular weight excluding hydrogens is 275 g/mol. The third-order valence-corrected chi connectivity index (χ3v) is 3.20. The SMILES string of the molecule is O=S(=O)(Cl)c1c(Cl)cnc(C(F)F)c1O. The maximum absolute atomic E-state index is 12.2. The molecule has 0 saturated heterocycles. The summed E-state index contributed by atoms with van der Waals surface area (Å²) in [4.78, 5) is 2.13. The van der Waals surface area contributed by atoms with Crippen LogP contribution in [0.2, 0.25) is 5.02 Å². The second-order valence-electron chi connectivity index (χ2n) is 2.41. The first kappa shape index (κ1) is 12.4. The van der Waals surface area contributed by atoms with Gasteiger partial charge in [0, 0.05) is 16.9 Å². The van der Waals surface area contributed by atoms with Gasteiger partial charge < -0.3 is 5.11 Å². The van der Waals surface area contributed by atoms with Crippen molar-refractivity contribution in [3.8, 4) is 5.75 Å². The zero-order valence-corrected chi connectivity index (χ0v) is 9.11.